The smallest absolute Gasteiger partial charge is 0.431 e. The molecule has 1 aliphatic carbocycles. The van der Waals surface area contributed by atoms with Crippen molar-refractivity contribution in [2.45, 2.75) is 68.6 Å². The van der Waals surface area contributed by atoms with E-state index in [1.807, 2.05) is 0 Å². The number of hydrogen-bond acceptors (Lipinski definition) is 15. The summed E-state index contributed by atoms with van der Waals surface area (Å²) < 4.78 is 16.0. The third kappa shape index (κ3) is 7.07. The van der Waals surface area contributed by atoms with Gasteiger partial charge in [0.1, 0.15) is 28.9 Å². The molecular weight excluding hydrogens is 623 g/mol. The fourth-order valence-corrected chi connectivity index (χ4v) is 7.85. The lowest BCUT2D eigenvalue weighted by Gasteiger charge is -2.49. The zero-order valence-corrected chi connectivity index (χ0v) is 25.3. The Bertz CT molecular complexity index is 1420. The fourth-order valence-electron chi connectivity index (χ4n) is 4.75. The Kier molecular flexibility index (Phi) is 9.76. The van der Waals surface area contributed by atoms with Crippen molar-refractivity contribution in [3.8, 4) is 0 Å². The molecule has 230 valence electrons. The summed E-state index contributed by atoms with van der Waals surface area (Å²) in [6, 6.07) is -1.02. The third-order valence-electron chi connectivity index (χ3n) is 6.81. The van der Waals surface area contributed by atoms with Gasteiger partial charge in [0, 0.05) is 40.5 Å². The standard InChI is InChI=1S/C25H29N7O8S3/c1-12(39-25(36)40-14-5-3-2-4-6-14)38-23(35)19-16(41-9-13-7-27-28-8-13)11-42-22-18(21(34)32(19)22)30-20(33)17(31-37)15-10-43-24(26)29-15/h7-8,10,12,14,18,22,37H,2-6,9,11H2,1H3,(H2,26,29)(H,27,28)(H,30,33)/b31-17-/t12?,18-,22-/m1/s1. The van der Waals surface area contributed by atoms with Crippen LogP contribution in [0, 0.1) is 0 Å². The molecule has 2 aromatic heterocycles. The number of esters is 1. The molecule has 2 amide bonds. The molecule has 1 saturated carbocycles. The van der Waals surface area contributed by atoms with Crippen molar-refractivity contribution in [2.75, 3.05) is 11.5 Å². The van der Waals surface area contributed by atoms with Crippen LogP contribution in [0.5, 0.6) is 0 Å². The van der Waals surface area contributed by atoms with Crippen molar-refractivity contribution in [3.05, 3.63) is 39.6 Å². The van der Waals surface area contributed by atoms with Crippen LogP contribution in [-0.2, 0) is 34.3 Å². The number of carbonyl (C=O) groups is 4. The Hall–Kier alpha value is -3.77. The Morgan fingerprint density at radius 1 is 1.30 bits per heavy atom. The van der Waals surface area contributed by atoms with Crippen LogP contribution in [0.1, 0.15) is 50.3 Å². The number of oxime groups is 1. The van der Waals surface area contributed by atoms with Crippen molar-refractivity contribution >= 4 is 69.6 Å². The van der Waals surface area contributed by atoms with E-state index in [2.05, 4.69) is 25.7 Å². The largest absolute Gasteiger partial charge is 0.511 e. The van der Waals surface area contributed by atoms with Gasteiger partial charge in [0.2, 0.25) is 6.29 Å². The highest BCUT2D eigenvalue weighted by Gasteiger charge is 2.55. The first-order chi connectivity index (χ1) is 20.7. The van der Waals surface area contributed by atoms with Gasteiger partial charge in [0.05, 0.1) is 6.20 Å². The van der Waals surface area contributed by atoms with Crippen LogP contribution in [-0.4, -0.2) is 84.5 Å². The maximum atomic E-state index is 13.5. The second-order valence-corrected chi connectivity index (χ2v) is 12.8. The van der Waals surface area contributed by atoms with Crippen molar-refractivity contribution < 1.29 is 38.6 Å². The summed E-state index contributed by atoms with van der Waals surface area (Å²) in [4.78, 5) is 57.7. The first-order valence-corrected chi connectivity index (χ1v) is 16.3. The summed E-state index contributed by atoms with van der Waals surface area (Å²) in [7, 11) is 0. The predicted octanol–water partition coefficient (Wildman–Crippen LogP) is 2.55. The molecule has 3 aliphatic rings. The van der Waals surface area contributed by atoms with Crippen LogP contribution in [0.2, 0.25) is 0 Å². The average Bonchev–Trinajstić information content (AvgIpc) is 3.67. The topological polar surface area (TPSA) is 211 Å². The maximum Gasteiger partial charge on any atom is 0.511 e. The first-order valence-electron chi connectivity index (χ1n) is 13.4. The van der Waals surface area contributed by atoms with Gasteiger partial charge in [-0.2, -0.15) is 5.10 Å². The van der Waals surface area contributed by atoms with Crippen LogP contribution >= 0.6 is 34.9 Å². The van der Waals surface area contributed by atoms with Gasteiger partial charge in [-0.3, -0.25) is 19.6 Å². The van der Waals surface area contributed by atoms with Crippen molar-refractivity contribution in [3.63, 3.8) is 0 Å². The van der Waals surface area contributed by atoms with Crippen LogP contribution in [0.3, 0.4) is 0 Å². The SMILES string of the molecule is CC(OC(=O)OC1CCCCC1)OC(=O)C1=C(SCc2cn[nH]c2)CS[C@@H]2[C@H](NC(=O)/C(=N\O)c3csc(N)n3)C(=O)N12. The van der Waals surface area contributed by atoms with Gasteiger partial charge in [-0.05, 0) is 25.7 Å². The zero-order valence-electron chi connectivity index (χ0n) is 22.9. The number of amides is 2. The van der Waals surface area contributed by atoms with Gasteiger partial charge in [-0.1, -0.05) is 11.6 Å². The molecule has 43 heavy (non-hydrogen) atoms. The lowest BCUT2D eigenvalue weighted by Crippen LogP contribution is -2.71. The molecule has 1 saturated heterocycles. The summed E-state index contributed by atoms with van der Waals surface area (Å²) in [6.45, 7) is 1.38. The Morgan fingerprint density at radius 2 is 2.09 bits per heavy atom. The van der Waals surface area contributed by atoms with E-state index < -0.39 is 47.4 Å². The van der Waals surface area contributed by atoms with Gasteiger partial charge >= 0.3 is 12.1 Å². The van der Waals surface area contributed by atoms with Crippen LogP contribution in [0.4, 0.5) is 9.93 Å². The summed E-state index contributed by atoms with van der Waals surface area (Å²) in [5, 5.41) is 22.6. The molecule has 0 aromatic carbocycles. The molecule has 5 rings (SSSR count). The van der Waals surface area contributed by atoms with Gasteiger partial charge in [0.25, 0.3) is 11.8 Å². The van der Waals surface area contributed by atoms with E-state index in [4.69, 9.17) is 19.9 Å². The average molecular weight is 652 g/mol. The Balaban J connectivity index is 1.27. The van der Waals surface area contributed by atoms with Crippen LogP contribution in [0.15, 0.2) is 33.5 Å². The molecule has 1 unspecified atom stereocenters. The van der Waals surface area contributed by atoms with E-state index in [9.17, 15) is 24.4 Å². The minimum absolute atomic E-state index is 0.00725. The fraction of sp³-hybridized carbons (Fsp3) is 0.480. The van der Waals surface area contributed by atoms with Crippen molar-refractivity contribution in [1.29, 1.82) is 0 Å². The Labute approximate surface area is 257 Å². The second-order valence-electron chi connectivity index (χ2n) is 9.77. The number of carbonyl (C=O) groups excluding carboxylic acids is 4. The zero-order chi connectivity index (χ0) is 30.5. The van der Waals surface area contributed by atoms with E-state index in [1.54, 1.807) is 12.4 Å². The molecule has 4 heterocycles. The first kappa shape index (κ1) is 30.7. The van der Waals surface area contributed by atoms with E-state index in [0.717, 1.165) is 49.0 Å². The van der Waals surface area contributed by atoms with Crippen molar-refractivity contribution in [2.24, 2.45) is 5.16 Å². The number of hydrogen-bond donors (Lipinski definition) is 4. The number of nitrogens with two attached hydrogens (primary N) is 1. The number of nitrogens with one attached hydrogen (secondary N) is 2. The number of ether oxygens (including phenoxy) is 3. The number of fused-ring (bicyclic) bond motifs is 1. The molecule has 0 spiro atoms. The predicted molar refractivity (Wildman–Crippen MR) is 157 cm³/mol. The summed E-state index contributed by atoms with van der Waals surface area (Å²) in [5.74, 6) is -1.48. The van der Waals surface area contributed by atoms with Crippen LogP contribution in [0.25, 0.3) is 0 Å². The summed E-state index contributed by atoms with van der Waals surface area (Å²) >= 11 is 3.73. The summed E-state index contributed by atoms with van der Waals surface area (Å²) in [5.41, 5.74) is 6.14. The number of nitrogen functional groups attached to an aromatic ring is 1. The molecule has 0 bridgehead atoms. The lowest BCUT2D eigenvalue weighted by molar-refractivity contribution is -0.169. The number of aromatic nitrogens is 3. The number of thioether (sulfide) groups is 2. The quantitative estimate of drug-likeness (QED) is 0.0727. The number of nitrogens with zero attached hydrogens (tertiary/aromatic N) is 4. The highest BCUT2D eigenvalue weighted by atomic mass is 32.2. The molecule has 2 aliphatic heterocycles. The van der Waals surface area contributed by atoms with E-state index in [1.165, 1.54) is 40.7 Å². The summed E-state index contributed by atoms with van der Waals surface area (Å²) in [6.07, 6.45) is 5.45. The van der Waals surface area contributed by atoms with E-state index >= 15 is 0 Å². The van der Waals surface area contributed by atoms with Crippen LogP contribution < -0.4 is 11.1 Å². The minimum atomic E-state index is -1.29. The maximum absolute atomic E-state index is 13.5. The molecule has 3 atom stereocenters. The number of anilines is 1. The minimum Gasteiger partial charge on any atom is -0.431 e. The lowest BCUT2D eigenvalue weighted by atomic mass is 9.98. The van der Waals surface area contributed by atoms with Gasteiger partial charge in [0.15, 0.2) is 10.8 Å². The molecule has 15 nitrogen and oxygen atoms in total. The second kappa shape index (κ2) is 13.7. The van der Waals surface area contributed by atoms with E-state index in [0.29, 0.717) is 16.4 Å². The van der Waals surface area contributed by atoms with Gasteiger partial charge < -0.3 is 30.5 Å². The Morgan fingerprint density at radius 3 is 2.77 bits per heavy atom. The van der Waals surface area contributed by atoms with Crippen molar-refractivity contribution in [1.82, 2.24) is 25.4 Å². The highest BCUT2D eigenvalue weighted by Crippen LogP contribution is 2.44. The van der Waals surface area contributed by atoms with Gasteiger partial charge in [-0.15, -0.1) is 34.9 Å². The molecule has 2 aromatic rings. The normalized spacial score (nSPS) is 21.5. The van der Waals surface area contributed by atoms with E-state index in [-0.39, 0.29) is 22.6 Å². The number of rotatable bonds is 10. The number of β-lactam (4-membered cyclic amide) rings is 1. The number of aromatic amines is 1. The molecule has 0 radical (unpaired) electrons. The highest BCUT2D eigenvalue weighted by molar-refractivity contribution is 8.05. The van der Waals surface area contributed by atoms with Gasteiger partial charge in [-0.25, -0.2) is 14.6 Å². The molecular formula is C25H29N7O8S3. The monoisotopic (exact) mass is 651 g/mol. The third-order valence-corrected chi connectivity index (χ3v) is 10.1. The number of H-pyrrole nitrogens is 1. The molecule has 2 fully saturated rings. The number of thiazole rings is 1. The molecule has 18 heteroatoms. The molecule has 5 N–H and O–H groups in total.